The second kappa shape index (κ2) is 6.16. The first-order valence-corrected chi connectivity index (χ1v) is 5.92. The Balaban J connectivity index is 2.02. The Labute approximate surface area is 111 Å². The van der Waals surface area contributed by atoms with E-state index in [9.17, 15) is 9.82 Å². The molecule has 1 heterocycles. The van der Waals surface area contributed by atoms with Gasteiger partial charge in [-0.1, -0.05) is 6.07 Å². The third kappa shape index (κ3) is 3.13. The fourth-order valence-corrected chi connectivity index (χ4v) is 1.90. The van der Waals surface area contributed by atoms with Gasteiger partial charge in [0, 0.05) is 19.8 Å². The number of amides is 1. The summed E-state index contributed by atoms with van der Waals surface area (Å²) in [7, 11) is 2.06. The van der Waals surface area contributed by atoms with Crippen LogP contribution in [0.4, 0.5) is 0 Å². The van der Waals surface area contributed by atoms with Crippen molar-refractivity contribution in [2.24, 2.45) is 0 Å². The van der Waals surface area contributed by atoms with Crippen molar-refractivity contribution >= 4 is 18.5 Å². The van der Waals surface area contributed by atoms with Gasteiger partial charge in [0.2, 0.25) is 0 Å². The van der Waals surface area contributed by atoms with Crippen LogP contribution in [-0.2, 0) is 20.7 Å². The highest BCUT2D eigenvalue weighted by Gasteiger charge is 2.28. The molecule has 0 spiro atoms. The van der Waals surface area contributed by atoms with Crippen LogP contribution in [0.5, 0.6) is 0 Å². The Morgan fingerprint density at radius 1 is 1.53 bits per heavy atom. The summed E-state index contributed by atoms with van der Waals surface area (Å²) < 4.78 is 15.0. The smallest absolute Gasteiger partial charge is 0.423 e. The molecule has 2 N–H and O–H groups in total. The molecule has 2 rings (SSSR count). The van der Waals surface area contributed by atoms with E-state index in [1.165, 1.54) is 14.2 Å². The minimum absolute atomic E-state index is 0.249. The molecule has 0 unspecified atom stereocenters. The molecule has 0 bridgehead atoms. The van der Waals surface area contributed by atoms with Gasteiger partial charge in [0.05, 0.1) is 13.2 Å². The standard InChI is InChI=1S/C12H16BNO5/c1-17-11(18-2)6-14-12(15)8-3-4-9-7-19-13(16)10(9)5-8/h3-5,11,16H,6-7H2,1-2H3,(H,14,15). The van der Waals surface area contributed by atoms with Crippen LogP contribution in [0.3, 0.4) is 0 Å². The van der Waals surface area contributed by atoms with E-state index in [1.54, 1.807) is 18.2 Å². The van der Waals surface area contributed by atoms with Crippen LogP contribution in [0.15, 0.2) is 18.2 Å². The Morgan fingerprint density at radius 2 is 2.26 bits per heavy atom. The molecule has 0 fully saturated rings. The molecule has 1 amide bonds. The number of ether oxygens (including phenoxy) is 2. The van der Waals surface area contributed by atoms with Gasteiger partial charge in [0.25, 0.3) is 5.91 Å². The highest BCUT2D eigenvalue weighted by Crippen LogP contribution is 2.11. The summed E-state index contributed by atoms with van der Waals surface area (Å²) in [6.45, 7) is 0.621. The van der Waals surface area contributed by atoms with E-state index in [4.69, 9.17) is 14.1 Å². The molecule has 0 saturated carbocycles. The van der Waals surface area contributed by atoms with E-state index >= 15 is 0 Å². The lowest BCUT2D eigenvalue weighted by Crippen LogP contribution is -2.35. The van der Waals surface area contributed by atoms with Gasteiger partial charge in [-0.15, -0.1) is 0 Å². The third-order valence-electron chi connectivity index (χ3n) is 3.03. The molecule has 0 aliphatic carbocycles. The zero-order chi connectivity index (χ0) is 13.8. The Morgan fingerprint density at radius 3 is 2.95 bits per heavy atom. The molecular weight excluding hydrogens is 249 g/mol. The largest absolute Gasteiger partial charge is 0.491 e. The number of nitrogens with one attached hydrogen (secondary N) is 1. The normalized spacial score (nSPS) is 13.8. The molecular formula is C12H16BNO5. The van der Waals surface area contributed by atoms with Crippen LogP contribution in [0.2, 0.25) is 0 Å². The van der Waals surface area contributed by atoms with Crippen molar-refractivity contribution in [3.63, 3.8) is 0 Å². The SMILES string of the molecule is COC(CNC(=O)c1ccc2c(c1)B(O)OC2)OC. The van der Waals surface area contributed by atoms with Gasteiger partial charge >= 0.3 is 7.12 Å². The van der Waals surface area contributed by atoms with Gasteiger partial charge in [-0.2, -0.15) is 0 Å². The second-order valence-electron chi connectivity index (χ2n) is 4.19. The van der Waals surface area contributed by atoms with Gasteiger partial charge < -0.3 is 24.5 Å². The first-order chi connectivity index (χ1) is 9.15. The van der Waals surface area contributed by atoms with E-state index in [0.29, 0.717) is 17.6 Å². The number of rotatable bonds is 5. The number of carbonyl (C=O) groups is 1. The Hall–Kier alpha value is -1.41. The van der Waals surface area contributed by atoms with Crippen LogP contribution in [-0.4, -0.2) is 45.1 Å². The molecule has 0 radical (unpaired) electrons. The Kier molecular flexibility index (Phi) is 4.54. The average molecular weight is 265 g/mol. The maximum atomic E-state index is 11.9. The van der Waals surface area contributed by atoms with E-state index in [-0.39, 0.29) is 12.5 Å². The van der Waals surface area contributed by atoms with E-state index in [0.717, 1.165) is 5.56 Å². The number of carbonyl (C=O) groups excluding carboxylic acids is 1. The summed E-state index contributed by atoms with van der Waals surface area (Å²) >= 11 is 0. The number of benzene rings is 1. The number of methoxy groups -OCH3 is 2. The molecule has 0 saturated heterocycles. The zero-order valence-electron chi connectivity index (χ0n) is 10.9. The van der Waals surface area contributed by atoms with E-state index < -0.39 is 13.4 Å². The molecule has 0 aromatic heterocycles. The fraction of sp³-hybridized carbons (Fsp3) is 0.417. The van der Waals surface area contributed by atoms with Crippen molar-refractivity contribution in [2.45, 2.75) is 12.9 Å². The average Bonchev–Trinajstić information content (AvgIpc) is 2.81. The summed E-state index contributed by atoms with van der Waals surface area (Å²) in [6.07, 6.45) is -0.479. The minimum Gasteiger partial charge on any atom is -0.423 e. The predicted molar refractivity (Wildman–Crippen MR) is 69.0 cm³/mol. The minimum atomic E-state index is -0.951. The third-order valence-corrected chi connectivity index (χ3v) is 3.03. The number of fused-ring (bicyclic) bond motifs is 1. The van der Waals surface area contributed by atoms with Crippen LogP contribution in [0, 0.1) is 0 Å². The molecule has 1 aromatic carbocycles. The summed E-state index contributed by atoms with van der Waals surface area (Å²) in [4.78, 5) is 11.9. The maximum absolute atomic E-state index is 11.9. The lowest BCUT2D eigenvalue weighted by atomic mass is 9.79. The van der Waals surface area contributed by atoms with Crippen molar-refractivity contribution in [3.05, 3.63) is 29.3 Å². The van der Waals surface area contributed by atoms with Crippen LogP contribution in [0.25, 0.3) is 0 Å². The molecule has 1 aromatic rings. The van der Waals surface area contributed by atoms with Crippen molar-refractivity contribution in [1.29, 1.82) is 0 Å². The molecule has 1 aliphatic rings. The highest BCUT2D eigenvalue weighted by atomic mass is 16.7. The maximum Gasteiger partial charge on any atom is 0.491 e. The number of hydrogen-bond acceptors (Lipinski definition) is 5. The summed E-state index contributed by atoms with van der Waals surface area (Å²) in [5.41, 5.74) is 2.01. The topological polar surface area (TPSA) is 77.0 Å². The molecule has 102 valence electrons. The molecule has 0 atom stereocenters. The van der Waals surface area contributed by atoms with Crippen LogP contribution >= 0.6 is 0 Å². The van der Waals surface area contributed by atoms with Crippen molar-refractivity contribution in [3.8, 4) is 0 Å². The quantitative estimate of drug-likeness (QED) is 0.541. The Bertz CT molecular complexity index is 463. The zero-order valence-corrected chi connectivity index (χ0v) is 10.9. The molecule has 6 nitrogen and oxygen atoms in total. The first-order valence-electron chi connectivity index (χ1n) is 5.92. The lowest BCUT2D eigenvalue weighted by Gasteiger charge is -2.14. The van der Waals surface area contributed by atoms with Crippen LogP contribution in [0.1, 0.15) is 15.9 Å². The van der Waals surface area contributed by atoms with Crippen molar-refractivity contribution < 1.29 is 23.9 Å². The van der Waals surface area contributed by atoms with Crippen molar-refractivity contribution in [1.82, 2.24) is 5.32 Å². The summed E-state index contributed by atoms with van der Waals surface area (Å²) in [5, 5.41) is 12.3. The monoisotopic (exact) mass is 265 g/mol. The number of hydrogen-bond donors (Lipinski definition) is 2. The molecule has 1 aliphatic heterocycles. The highest BCUT2D eigenvalue weighted by molar-refractivity contribution is 6.61. The van der Waals surface area contributed by atoms with E-state index in [1.807, 2.05) is 0 Å². The summed E-state index contributed by atoms with van der Waals surface area (Å²) in [5.74, 6) is -0.249. The van der Waals surface area contributed by atoms with Gasteiger partial charge in [0.1, 0.15) is 0 Å². The van der Waals surface area contributed by atoms with Gasteiger partial charge in [-0.3, -0.25) is 4.79 Å². The fourth-order valence-electron chi connectivity index (χ4n) is 1.90. The predicted octanol–water partition coefficient (Wildman–Crippen LogP) is -0.747. The van der Waals surface area contributed by atoms with Gasteiger partial charge in [0.15, 0.2) is 6.29 Å². The summed E-state index contributed by atoms with van der Waals surface area (Å²) in [6, 6.07) is 5.12. The van der Waals surface area contributed by atoms with Gasteiger partial charge in [-0.05, 0) is 23.2 Å². The van der Waals surface area contributed by atoms with E-state index in [2.05, 4.69) is 5.32 Å². The van der Waals surface area contributed by atoms with Crippen molar-refractivity contribution in [2.75, 3.05) is 20.8 Å². The molecule has 19 heavy (non-hydrogen) atoms. The first kappa shape index (κ1) is 14.0. The molecule has 7 heteroatoms. The van der Waals surface area contributed by atoms with Crippen LogP contribution < -0.4 is 10.8 Å². The lowest BCUT2D eigenvalue weighted by molar-refractivity contribution is -0.0974. The second-order valence-corrected chi connectivity index (χ2v) is 4.19. The van der Waals surface area contributed by atoms with Gasteiger partial charge in [-0.25, -0.2) is 0 Å².